The SMILES string of the molecule is F[P-](F)(F)(F)(F)F.[C-]1=CC=CC1.[Fe]. The first-order chi connectivity index (χ1) is 4.95. The minimum absolute atomic E-state index is 0. The van der Waals surface area contributed by atoms with Gasteiger partial charge < -0.3 is 0 Å². The summed E-state index contributed by atoms with van der Waals surface area (Å²) in [6, 6.07) is 0. The zero-order valence-corrected chi connectivity index (χ0v) is 8.01. The molecular formula is C5H5F6FeP-2. The molecule has 0 nitrogen and oxygen atoms in total. The summed E-state index contributed by atoms with van der Waals surface area (Å²) >= 11 is 0. The van der Waals surface area contributed by atoms with E-state index in [1.165, 1.54) is 0 Å². The van der Waals surface area contributed by atoms with Crippen molar-refractivity contribution in [2.45, 2.75) is 6.42 Å². The van der Waals surface area contributed by atoms with Gasteiger partial charge in [-0.15, -0.1) is 6.42 Å². The van der Waals surface area contributed by atoms with E-state index in [2.05, 4.69) is 12.2 Å². The van der Waals surface area contributed by atoms with Gasteiger partial charge in [0, 0.05) is 17.1 Å². The topological polar surface area (TPSA) is 0 Å². The van der Waals surface area contributed by atoms with Crippen molar-refractivity contribution in [1.29, 1.82) is 0 Å². The standard InChI is InChI=1S/C5H5.F6P.Fe/c1-2-4-5-3-1;1-7(2,3,4,5)6;/h1-3H,4H2;;/q2*-1;. The van der Waals surface area contributed by atoms with Crippen LogP contribution >= 0.6 is 7.81 Å². The fourth-order valence-electron chi connectivity index (χ4n) is 0.340. The minimum Gasteiger partial charge on any atom is -0.273 e. The molecule has 0 heterocycles. The summed E-state index contributed by atoms with van der Waals surface area (Å²) < 4.78 is 59.2. The van der Waals surface area contributed by atoms with Crippen LogP contribution < -0.4 is 0 Å². The molecule has 1 rings (SSSR count). The van der Waals surface area contributed by atoms with Crippen LogP contribution in [-0.2, 0) is 17.1 Å². The number of rotatable bonds is 0. The smallest absolute Gasteiger partial charge is 0 e. The van der Waals surface area contributed by atoms with Gasteiger partial charge in [-0.25, -0.2) is 12.2 Å². The molecule has 0 fully saturated rings. The van der Waals surface area contributed by atoms with Crippen LogP contribution in [0.5, 0.6) is 0 Å². The van der Waals surface area contributed by atoms with Crippen molar-refractivity contribution in [3.05, 3.63) is 24.3 Å². The zero-order chi connectivity index (χ0) is 9.94. The molecular weight excluding hydrogens is 261 g/mol. The Kier molecular flexibility index (Phi) is 4.33. The van der Waals surface area contributed by atoms with Gasteiger partial charge in [0.2, 0.25) is 0 Å². The van der Waals surface area contributed by atoms with Crippen LogP contribution in [0.4, 0.5) is 25.2 Å². The second-order valence-corrected chi connectivity index (χ2v) is 3.88. The molecule has 13 heavy (non-hydrogen) atoms. The van der Waals surface area contributed by atoms with Crippen LogP contribution in [-0.4, -0.2) is 0 Å². The maximum atomic E-state index is 9.87. The molecule has 0 aromatic heterocycles. The van der Waals surface area contributed by atoms with Gasteiger partial charge in [-0.3, -0.25) is 6.08 Å². The largest absolute Gasteiger partial charge is 0.273 e. The first kappa shape index (κ1) is 15.5. The number of allylic oxidation sites excluding steroid dienone is 4. The molecule has 0 saturated heterocycles. The monoisotopic (exact) mass is 266 g/mol. The molecule has 0 spiro atoms. The fraction of sp³-hybridized carbons (Fsp3) is 0.200. The second kappa shape index (κ2) is 3.64. The van der Waals surface area contributed by atoms with Gasteiger partial charge in [-0.1, -0.05) is 0 Å². The molecule has 0 unspecified atom stereocenters. The number of halogens is 6. The maximum absolute atomic E-state index is 10.7. The summed E-state index contributed by atoms with van der Waals surface area (Å²) in [5.41, 5.74) is 0. The van der Waals surface area contributed by atoms with E-state index in [0.29, 0.717) is 0 Å². The predicted octanol–water partition coefficient (Wildman–Crippen LogP) is 4.69. The molecule has 82 valence electrons. The van der Waals surface area contributed by atoms with E-state index >= 15 is 0 Å². The molecule has 0 bridgehead atoms. The van der Waals surface area contributed by atoms with Crippen molar-refractivity contribution in [2.24, 2.45) is 0 Å². The van der Waals surface area contributed by atoms with Gasteiger partial charge in [0.25, 0.3) is 0 Å². The summed E-state index contributed by atoms with van der Waals surface area (Å²) in [4.78, 5) is 0. The van der Waals surface area contributed by atoms with Crippen LogP contribution in [0.2, 0.25) is 0 Å². The fourth-order valence-corrected chi connectivity index (χ4v) is 0.340. The summed E-state index contributed by atoms with van der Waals surface area (Å²) in [7, 11) is -10.7. The van der Waals surface area contributed by atoms with Crippen molar-refractivity contribution in [1.82, 2.24) is 0 Å². The molecule has 0 aliphatic heterocycles. The summed E-state index contributed by atoms with van der Waals surface area (Å²) in [6.45, 7) is 0. The van der Waals surface area contributed by atoms with Crippen molar-refractivity contribution >= 4 is 7.81 Å². The molecule has 0 atom stereocenters. The molecule has 0 aromatic rings. The molecule has 0 aromatic carbocycles. The molecule has 1 aliphatic carbocycles. The zero-order valence-electron chi connectivity index (χ0n) is 6.01. The Morgan fingerprint density at radius 1 is 1.00 bits per heavy atom. The van der Waals surface area contributed by atoms with Crippen LogP contribution in [0.25, 0.3) is 0 Å². The van der Waals surface area contributed by atoms with Gasteiger partial charge in [0.05, 0.1) is 0 Å². The Morgan fingerprint density at radius 3 is 1.46 bits per heavy atom. The van der Waals surface area contributed by atoms with E-state index in [9.17, 15) is 25.2 Å². The minimum atomic E-state index is -10.7. The summed E-state index contributed by atoms with van der Waals surface area (Å²) in [5, 5.41) is 0. The van der Waals surface area contributed by atoms with Crippen LogP contribution in [0.15, 0.2) is 18.2 Å². The third-order valence-corrected chi connectivity index (χ3v) is 0.586. The van der Waals surface area contributed by atoms with E-state index in [1.54, 1.807) is 0 Å². The predicted molar refractivity (Wildman–Crippen MR) is 35.1 cm³/mol. The Morgan fingerprint density at radius 2 is 1.38 bits per heavy atom. The Bertz CT molecular complexity index is 189. The van der Waals surface area contributed by atoms with Crippen molar-refractivity contribution in [3.8, 4) is 0 Å². The van der Waals surface area contributed by atoms with Crippen LogP contribution in [0.3, 0.4) is 0 Å². The van der Waals surface area contributed by atoms with E-state index in [1.807, 2.05) is 12.2 Å². The molecule has 0 N–H and O–H groups in total. The Balaban J connectivity index is 0. The van der Waals surface area contributed by atoms with E-state index in [4.69, 9.17) is 0 Å². The molecule has 0 radical (unpaired) electrons. The Labute approximate surface area is 81.4 Å². The first-order valence-electron chi connectivity index (χ1n) is 2.73. The average molecular weight is 266 g/mol. The van der Waals surface area contributed by atoms with Crippen LogP contribution in [0, 0.1) is 6.08 Å². The molecule has 8 heteroatoms. The van der Waals surface area contributed by atoms with Gasteiger partial charge in [0.1, 0.15) is 0 Å². The van der Waals surface area contributed by atoms with Gasteiger partial charge >= 0.3 is 33.0 Å². The van der Waals surface area contributed by atoms with Crippen molar-refractivity contribution in [3.63, 3.8) is 0 Å². The summed E-state index contributed by atoms with van der Waals surface area (Å²) in [6.07, 6.45) is 10.0. The quantitative estimate of drug-likeness (QED) is 0.258. The van der Waals surface area contributed by atoms with E-state index < -0.39 is 7.81 Å². The molecule has 1 aliphatic rings. The van der Waals surface area contributed by atoms with E-state index in [-0.39, 0.29) is 17.1 Å². The van der Waals surface area contributed by atoms with Gasteiger partial charge in [-0.05, 0) is 0 Å². The molecule has 0 saturated carbocycles. The summed E-state index contributed by atoms with van der Waals surface area (Å²) in [5.74, 6) is 0. The third-order valence-electron chi connectivity index (χ3n) is 0.586. The number of hydrogen-bond acceptors (Lipinski definition) is 0. The van der Waals surface area contributed by atoms with Gasteiger partial charge in [-0.2, -0.15) is 6.08 Å². The molecule has 0 amide bonds. The average Bonchev–Trinajstić information content (AvgIpc) is 2.00. The second-order valence-electron chi connectivity index (χ2n) is 1.96. The number of hydrogen-bond donors (Lipinski definition) is 0. The van der Waals surface area contributed by atoms with Crippen LogP contribution in [0.1, 0.15) is 6.42 Å². The Hall–Kier alpha value is 0.00948. The normalized spacial score (nSPS) is 19.2. The third kappa shape index (κ3) is 47.9. The van der Waals surface area contributed by atoms with E-state index in [0.717, 1.165) is 6.42 Å². The first-order valence-corrected chi connectivity index (χ1v) is 4.76. The van der Waals surface area contributed by atoms with Crippen molar-refractivity contribution < 1.29 is 42.3 Å². The van der Waals surface area contributed by atoms with Gasteiger partial charge in [0.15, 0.2) is 0 Å². The maximum Gasteiger partial charge on any atom is 0 e. The van der Waals surface area contributed by atoms with Crippen molar-refractivity contribution in [2.75, 3.05) is 0 Å².